The molecule has 0 saturated carbocycles. The molecule has 0 aliphatic heterocycles. The Balaban J connectivity index is 3.19. The molecule has 0 aromatic carbocycles. The molecule has 78 valence electrons. The van der Waals surface area contributed by atoms with E-state index in [4.69, 9.17) is 19.7 Å². The van der Waals surface area contributed by atoms with Crippen molar-refractivity contribution in [2.45, 2.75) is 19.7 Å². The van der Waals surface area contributed by atoms with Crippen LogP contribution in [-0.4, -0.2) is 42.8 Å². The van der Waals surface area contributed by atoms with Crippen LogP contribution in [0.1, 0.15) is 6.92 Å². The van der Waals surface area contributed by atoms with Crippen LogP contribution < -0.4 is 0 Å². The van der Waals surface area contributed by atoms with Crippen molar-refractivity contribution in [2.24, 2.45) is 0 Å². The number of aliphatic hydroxyl groups is 2. The normalized spacial score (nSPS) is 15.3. The number of rotatable bonds is 8. The SMILES string of the molecule is C=CC(O)OCCOC(O)OCC. The number of aliphatic hydroxyl groups excluding tert-OH is 2. The first-order valence-electron chi connectivity index (χ1n) is 4.04. The Morgan fingerprint density at radius 1 is 1.23 bits per heavy atom. The molecule has 2 atom stereocenters. The van der Waals surface area contributed by atoms with Crippen molar-refractivity contribution in [1.29, 1.82) is 0 Å². The van der Waals surface area contributed by atoms with Crippen LogP contribution in [0.25, 0.3) is 0 Å². The molecule has 2 N–H and O–H groups in total. The van der Waals surface area contributed by atoms with E-state index in [1.807, 2.05) is 0 Å². The third-order valence-electron chi connectivity index (χ3n) is 1.14. The van der Waals surface area contributed by atoms with E-state index in [0.29, 0.717) is 6.61 Å². The summed E-state index contributed by atoms with van der Waals surface area (Å²) in [5.74, 6) is 0. The minimum absolute atomic E-state index is 0.145. The van der Waals surface area contributed by atoms with Gasteiger partial charge in [-0.05, 0) is 13.0 Å². The molecule has 13 heavy (non-hydrogen) atoms. The largest absolute Gasteiger partial charge is 0.365 e. The summed E-state index contributed by atoms with van der Waals surface area (Å²) in [5, 5.41) is 17.7. The Hall–Kier alpha value is -0.460. The molecule has 0 heterocycles. The minimum Gasteiger partial charge on any atom is -0.365 e. The highest BCUT2D eigenvalue weighted by atomic mass is 16.8. The third kappa shape index (κ3) is 7.89. The number of ether oxygens (including phenoxy) is 3. The fraction of sp³-hybridized carbons (Fsp3) is 0.750. The van der Waals surface area contributed by atoms with Crippen LogP contribution in [0.5, 0.6) is 0 Å². The van der Waals surface area contributed by atoms with Crippen molar-refractivity contribution in [2.75, 3.05) is 19.8 Å². The van der Waals surface area contributed by atoms with E-state index in [9.17, 15) is 0 Å². The van der Waals surface area contributed by atoms with E-state index in [-0.39, 0.29) is 13.2 Å². The lowest BCUT2D eigenvalue weighted by atomic mass is 10.6. The molecule has 0 saturated heterocycles. The fourth-order valence-electron chi connectivity index (χ4n) is 0.577. The maximum absolute atomic E-state index is 8.89. The van der Waals surface area contributed by atoms with Crippen LogP contribution in [-0.2, 0) is 14.2 Å². The molecule has 5 heteroatoms. The predicted octanol–water partition coefficient (Wildman–Crippen LogP) is -0.164. The molecule has 0 amide bonds. The Morgan fingerprint density at radius 2 is 1.85 bits per heavy atom. The molecule has 0 aliphatic carbocycles. The van der Waals surface area contributed by atoms with Crippen LogP contribution in [0.3, 0.4) is 0 Å². The second kappa shape index (κ2) is 8.15. The summed E-state index contributed by atoms with van der Waals surface area (Å²) in [6, 6.07) is 0. The van der Waals surface area contributed by atoms with Gasteiger partial charge in [-0.2, -0.15) is 0 Å². The van der Waals surface area contributed by atoms with E-state index < -0.39 is 12.8 Å². The van der Waals surface area contributed by atoms with Crippen molar-refractivity contribution < 1.29 is 24.4 Å². The molecule has 0 aromatic heterocycles. The van der Waals surface area contributed by atoms with E-state index in [1.165, 1.54) is 6.08 Å². The van der Waals surface area contributed by atoms with Crippen molar-refractivity contribution >= 4 is 0 Å². The molecule has 5 nitrogen and oxygen atoms in total. The molecule has 0 aliphatic rings. The van der Waals surface area contributed by atoms with Gasteiger partial charge in [-0.3, -0.25) is 0 Å². The van der Waals surface area contributed by atoms with Gasteiger partial charge in [0.1, 0.15) is 0 Å². The first-order valence-corrected chi connectivity index (χ1v) is 4.04. The van der Waals surface area contributed by atoms with Gasteiger partial charge in [-0.15, -0.1) is 0 Å². The maximum Gasteiger partial charge on any atom is 0.269 e. The Kier molecular flexibility index (Phi) is 7.86. The summed E-state index contributed by atoms with van der Waals surface area (Å²) in [6.45, 7) is 4.51. The average Bonchev–Trinajstić information content (AvgIpc) is 2.12. The molecular formula is C8H16O5. The highest BCUT2D eigenvalue weighted by Crippen LogP contribution is 1.91. The zero-order chi connectivity index (χ0) is 10.1. The van der Waals surface area contributed by atoms with Gasteiger partial charge in [-0.25, -0.2) is 0 Å². The maximum atomic E-state index is 8.89. The lowest BCUT2D eigenvalue weighted by molar-refractivity contribution is -0.266. The molecule has 0 radical (unpaired) electrons. The monoisotopic (exact) mass is 192 g/mol. The lowest BCUT2D eigenvalue weighted by Gasteiger charge is -2.12. The molecule has 2 unspecified atom stereocenters. The highest BCUT2D eigenvalue weighted by molar-refractivity contribution is 4.69. The van der Waals surface area contributed by atoms with Gasteiger partial charge in [0.05, 0.1) is 13.2 Å². The topological polar surface area (TPSA) is 68.2 Å². The molecule has 0 rings (SSSR count). The Morgan fingerprint density at radius 3 is 2.38 bits per heavy atom. The number of hydrogen-bond acceptors (Lipinski definition) is 5. The second-order valence-corrected chi connectivity index (χ2v) is 2.13. The molecule has 0 spiro atoms. The summed E-state index contributed by atoms with van der Waals surface area (Å²) in [6.07, 6.45) is 0.256. The van der Waals surface area contributed by atoms with Gasteiger partial charge >= 0.3 is 0 Å². The van der Waals surface area contributed by atoms with Crippen LogP contribution in [0, 0.1) is 0 Å². The third-order valence-corrected chi connectivity index (χ3v) is 1.14. The average molecular weight is 192 g/mol. The number of hydrogen-bond donors (Lipinski definition) is 2. The van der Waals surface area contributed by atoms with E-state index in [1.54, 1.807) is 6.92 Å². The minimum atomic E-state index is -1.23. The Labute approximate surface area is 77.5 Å². The van der Waals surface area contributed by atoms with Crippen molar-refractivity contribution in [1.82, 2.24) is 0 Å². The van der Waals surface area contributed by atoms with Crippen LogP contribution >= 0.6 is 0 Å². The highest BCUT2D eigenvalue weighted by Gasteiger charge is 2.02. The fourth-order valence-corrected chi connectivity index (χ4v) is 0.577. The molecule has 0 aromatic rings. The lowest BCUT2D eigenvalue weighted by Crippen LogP contribution is -2.20. The van der Waals surface area contributed by atoms with Crippen LogP contribution in [0.15, 0.2) is 12.7 Å². The van der Waals surface area contributed by atoms with Gasteiger partial charge in [0.25, 0.3) is 6.48 Å². The predicted molar refractivity (Wildman–Crippen MR) is 45.7 cm³/mol. The summed E-state index contributed by atoms with van der Waals surface area (Å²) >= 11 is 0. The quantitative estimate of drug-likeness (QED) is 0.317. The van der Waals surface area contributed by atoms with Crippen molar-refractivity contribution in [3.05, 3.63) is 12.7 Å². The van der Waals surface area contributed by atoms with E-state index >= 15 is 0 Å². The summed E-state index contributed by atoms with van der Waals surface area (Å²) < 4.78 is 14.2. The standard InChI is InChI=1S/C8H16O5/c1-3-7(9)12-5-6-13-8(10)11-4-2/h3,7-10H,1,4-6H2,2H3. The Bertz CT molecular complexity index is 128. The summed E-state index contributed by atoms with van der Waals surface area (Å²) in [4.78, 5) is 0. The summed E-state index contributed by atoms with van der Waals surface area (Å²) in [7, 11) is 0. The molecule has 0 bridgehead atoms. The molecule has 0 fully saturated rings. The van der Waals surface area contributed by atoms with Gasteiger partial charge in [-0.1, -0.05) is 6.58 Å². The van der Waals surface area contributed by atoms with Crippen LogP contribution in [0.4, 0.5) is 0 Å². The molecular weight excluding hydrogens is 176 g/mol. The smallest absolute Gasteiger partial charge is 0.269 e. The zero-order valence-electron chi connectivity index (χ0n) is 7.68. The van der Waals surface area contributed by atoms with Crippen molar-refractivity contribution in [3.63, 3.8) is 0 Å². The second-order valence-electron chi connectivity index (χ2n) is 2.13. The van der Waals surface area contributed by atoms with Gasteiger partial charge < -0.3 is 24.4 Å². The van der Waals surface area contributed by atoms with Crippen LogP contribution in [0.2, 0.25) is 0 Å². The van der Waals surface area contributed by atoms with Crippen molar-refractivity contribution in [3.8, 4) is 0 Å². The van der Waals surface area contributed by atoms with Gasteiger partial charge in [0.2, 0.25) is 0 Å². The van der Waals surface area contributed by atoms with Gasteiger partial charge in [0.15, 0.2) is 6.29 Å². The zero-order valence-corrected chi connectivity index (χ0v) is 7.68. The first kappa shape index (κ1) is 12.5. The van der Waals surface area contributed by atoms with Gasteiger partial charge in [0, 0.05) is 6.61 Å². The van der Waals surface area contributed by atoms with E-state index in [2.05, 4.69) is 11.3 Å². The summed E-state index contributed by atoms with van der Waals surface area (Å²) in [5.41, 5.74) is 0. The van der Waals surface area contributed by atoms with E-state index in [0.717, 1.165) is 0 Å². The first-order chi connectivity index (χ1) is 6.20.